The molecule has 78 heavy (non-hydrogen) atoms. The van der Waals surface area contributed by atoms with E-state index in [9.17, 15) is 32.1 Å². The lowest BCUT2D eigenvalue weighted by atomic mass is 9.59. The van der Waals surface area contributed by atoms with Gasteiger partial charge in [0.05, 0.1) is 23.8 Å². The van der Waals surface area contributed by atoms with Crippen molar-refractivity contribution in [2.45, 2.75) is 93.8 Å². The van der Waals surface area contributed by atoms with E-state index >= 15 is 4.39 Å². The molecular weight excluding hydrogens is 1030 g/mol. The second-order valence-corrected chi connectivity index (χ2v) is 23.1. The highest BCUT2D eigenvalue weighted by molar-refractivity contribution is 7.90. The Morgan fingerprint density at radius 2 is 1.67 bits per heavy atom. The van der Waals surface area contributed by atoms with Crippen LogP contribution in [0.15, 0.2) is 102 Å². The number of rotatable bonds is 16. The number of methoxy groups -OCH3 is 1. The number of aromatic nitrogens is 2. The molecular formula is C56H61F3N8O10S. The number of piperazine rings is 1. The SMILES string of the molecule is COc1ccc(CN2CCN(C3CC4(CCN(c5ccc(C(=O)NS(=O)(=O)c6cc([N+](=O)[O-])c(NCC7(F)CCOCC7)c7c6OC(F)(F)O7)c(Oc6cnc7[nH]ccc7c6)c5)CC4)C3)C(c3ccccc3C(C)C)C2)cc1. The summed E-state index contributed by atoms with van der Waals surface area (Å²) < 4.78 is 102. The first-order valence-corrected chi connectivity index (χ1v) is 27.7. The summed E-state index contributed by atoms with van der Waals surface area (Å²) in [6.45, 7) is 9.17. The van der Waals surface area contributed by atoms with Crippen LogP contribution in [0, 0.1) is 15.5 Å². The average Bonchev–Trinajstić information content (AvgIpc) is 4.19. The van der Waals surface area contributed by atoms with Crippen molar-refractivity contribution in [3.63, 3.8) is 0 Å². The van der Waals surface area contributed by atoms with Crippen LogP contribution in [-0.2, 0) is 21.3 Å². The summed E-state index contributed by atoms with van der Waals surface area (Å²) in [5, 5.41) is 15.6. The van der Waals surface area contributed by atoms with Crippen LogP contribution in [0.2, 0.25) is 0 Å². The van der Waals surface area contributed by atoms with E-state index in [0.29, 0.717) is 47.8 Å². The van der Waals surface area contributed by atoms with Gasteiger partial charge in [-0.25, -0.2) is 22.5 Å². The number of ether oxygens (including phenoxy) is 5. The number of piperidine rings is 1. The number of nitrogens with one attached hydrogen (secondary N) is 3. The highest BCUT2D eigenvalue weighted by atomic mass is 32.2. The molecule has 22 heteroatoms. The first kappa shape index (κ1) is 52.9. The number of amides is 1. The van der Waals surface area contributed by atoms with Gasteiger partial charge in [-0.2, -0.15) is 0 Å². The van der Waals surface area contributed by atoms with E-state index in [1.165, 1.54) is 29.0 Å². The highest BCUT2D eigenvalue weighted by Gasteiger charge is 2.52. The molecule has 6 aromatic rings. The summed E-state index contributed by atoms with van der Waals surface area (Å²) in [6, 6.07) is 26.5. The zero-order chi connectivity index (χ0) is 54.6. The molecule has 5 aliphatic rings. The van der Waals surface area contributed by atoms with E-state index in [2.05, 4.69) is 89.7 Å². The van der Waals surface area contributed by atoms with Crippen LogP contribution in [0.4, 0.5) is 30.2 Å². The topological polar surface area (TPSA) is 203 Å². The first-order chi connectivity index (χ1) is 37.4. The molecule has 1 saturated carbocycles. The number of halogens is 3. The Morgan fingerprint density at radius 1 is 0.923 bits per heavy atom. The van der Waals surface area contributed by atoms with E-state index in [1.807, 2.05) is 16.9 Å². The number of hydrogen-bond donors (Lipinski definition) is 3. The number of aromatic amines is 1. The molecule has 1 atom stereocenters. The molecule has 11 rings (SSSR count). The number of nitrogens with zero attached hydrogens (tertiary/aromatic N) is 5. The van der Waals surface area contributed by atoms with Crippen molar-refractivity contribution in [2.24, 2.45) is 5.41 Å². The normalized spacial score (nSPS) is 20.1. The van der Waals surface area contributed by atoms with Crippen molar-refractivity contribution in [1.82, 2.24) is 24.5 Å². The third kappa shape index (κ3) is 10.7. The van der Waals surface area contributed by atoms with Gasteiger partial charge in [0.1, 0.15) is 33.5 Å². The van der Waals surface area contributed by atoms with Gasteiger partial charge in [0.2, 0.25) is 5.75 Å². The molecule has 0 radical (unpaired) electrons. The van der Waals surface area contributed by atoms with Crippen molar-refractivity contribution >= 4 is 44.0 Å². The number of carbonyl (C=O) groups excluding carboxylic acids is 1. The van der Waals surface area contributed by atoms with E-state index in [-0.39, 0.29) is 54.6 Å². The molecule has 4 fully saturated rings. The molecule has 6 heterocycles. The number of fused-ring (bicyclic) bond motifs is 2. The third-order valence-electron chi connectivity index (χ3n) is 16.2. The summed E-state index contributed by atoms with van der Waals surface area (Å²) in [7, 11) is -3.58. The Hall–Kier alpha value is -7.14. The summed E-state index contributed by atoms with van der Waals surface area (Å²) in [4.78, 5) is 39.4. The largest absolute Gasteiger partial charge is 0.586 e. The second-order valence-electron chi connectivity index (χ2n) is 21.4. The Balaban J connectivity index is 0.818. The van der Waals surface area contributed by atoms with Gasteiger partial charge in [0, 0.05) is 113 Å². The van der Waals surface area contributed by atoms with Crippen molar-refractivity contribution in [3.8, 4) is 28.7 Å². The predicted molar refractivity (Wildman–Crippen MR) is 284 cm³/mol. The van der Waals surface area contributed by atoms with Crippen LogP contribution in [0.3, 0.4) is 0 Å². The number of sulfonamides is 1. The Kier molecular flexibility index (Phi) is 14.2. The third-order valence-corrected chi connectivity index (χ3v) is 17.5. The number of anilines is 2. The number of nitro groups is 1. The highest BCUT2D eigenvalue weighted by Crippen LogP contribution is 2.55. The molecule has 2 aromatic heterocycles. The van der Waals surface area contributed by atoms with Crippen LogP contribution < -0.4 is 33.9 Å². The monoisotopic (exact) mass is 1090 g/mol. The predicted octanol–water partition coefficient (Wildman–Crippen LogP) is 10.1. The first-order valence-electron chi connectivity index (χ1n) is 26.3. The minimum atomic E-state index is -5.26. The van der Waals surface area contributed by atoms with E-state index in [4.69, 9.17) is 14.2 Å². The lowest BCUT2D eigenvalue weighted by Crippen LogP contribution is -2.60. The van der Waals surface area contributed by atoms with Crippen molar-refractivity contribution in [2.75, 3.05) is 69.8 Å². The molecule has 1 spiro atoms. The Labute approximate surface area is 449 Å². The van der Waals surface area contributed by atoms with Crippen molar-refractivity contribution in [1.29, 1.82) is 0 Å². The Morgan fingerprint density at radius 3 is 2.40 bits per heavy atom. The number of hydrogen-bond acceptors (Lipinski definition) is 15. The maximum Gasteiger partial charge on any atom is 0.586 e. The van der Waals surface area contributed by atoms with Gasteiger partial charge in [0.25, 0.3) is 21.6 Å². The lowest BCUT2D eigenvalue weighted by Gasteiger charge is -2.58. The number of benzene rings is 4. The summed E-state index contributed by atoms with van der Waals surface area (Å²) in [6.07, 6.45) is 2.49. The molecule has 0 bridgehead atoms. The molecule has 3 saturated heterocycles. The molecule has 3 N–H and O–H groups in total. The van der Waals surface area contributed by atoms with Crippen LogP contribution in [0.25, 0.3) is 11.0 Å². The number of alkyl halides is 3. The van der Waals surface area contributed by atoms with Crippen molar-refractivity contribution in [3.05, 3.63) is 130 Å². The van der Waals surface area contributed by atoms with Crippen LogP contribution in [-0.4, -0.2) is 117 Å². The van der Waals surface area contributed by atoms with Crippen LogP contribution in [0.5, 0.6) is 28.7 Å². The fourth-order valence-electron chi connectivity index (χ4n) is 11.9. The number of nitro benzene ring substituents is 1. The molecule has 1 unspecified atom stereocenters. The molecule has 1 amide bonds. The van der Waals surface area contributed by atoms with Gasteiger partial charge < -0.3 is 38.9 Å². The van der Waals surface area contributed by atoms with E-state index < -0.39 is 67.1 Å². The second kappa shape index (κ2) is 20.9. The molecule has 1 aliphatic carbocycles. The molecule has 4 aliphatic heterocycles. The summed E-state index contributed by atoms with van der Waals surface area (Å²) in [5.41, 5.74) is 1.49. The average molecular weight is 1100 g/mol. The van der Waals surface area contributed by atoms with Crippen molar-refractivity contribution < 1.29 is 55.0 Å². The van der Waals surface area contributed by atoms with E-state index in [0.717, 1.165) is 57.6 Å². The van der Waals surface area contributed by atoms with Gasteiger partial charge in [-0.15, -0.1) is 8.78 Å². The Bertz CT molecular complexity index is 3340. The number of H-pyrrole nitrogens is 1. The minimum absolute atomic E-state index is 0.0464. The maximum atomic E-state index is 15.6. The molecule has 4 aromatic carbocycles. The zero-order valence-corrected chi connectivity index (χ0v) is 44.3. The van der Waals surface area contributed by atoms with Gasteiger partial charge in [-0.05, 0) is 90.1 Å². The van der Waals surface area contributed by atoms with Gasteiger partial charge in [-0.1, -0.05) is 50.2 Å². The van der Waals surface area contributed by atoms with Gasteiger partial charge >= 0.3 is 6.29 Å². The molecule has 412 valence electrons. The fourth-order valence-corrected chi connectivity index (χ4v) is 13.0. The van der Waals surface area contributed by atoms with E-state index in [1.54, 1.807) is 37.6 Å². The minimum Gasteiger partial charge on any atom is -0.497 e. The van der Waals surface area contributed by atoms with Gasteiger partial charge in [-0.3, -0.25) is 24.7 Å². The van der Waals surface area contributed by atoms with Crippen LogP contribution in [0.1, 0.15) is 91.4 Å². The summed E-state index contributed by atoms with van der Waals surface area (Å²) in [5.74, 6) is -2.01. The van der Waals surface area contributed by atoms with Crippen LogP contribution >= 0.6 is 0 Å². The maximum absolute atomic E-state index is 15.6. The standard InChI is InChI=1S/C56H61F3N8O10S/c1-35(2)42-6-4-5-7-43(42)46-33-64(32-36-8-11-40(73-3)12-9-36)22-23-66(46)39-29-54(30-39)15-20-65(21-16-54)38-10-13-44(47(27-38)75-41-26-37-14-19-60-52(37)61-31-41)53(68)63-78(71,72)48-28-45(67(69)70)49(51-50(48)76-56(58,59)77-51)62-34-55(57)17-24-74-25-18-55/h4-14,19,26-28,31,35,39,46,62H,15-18,20-25,29-30,32-34H2,1-3H3,(H,60,61)(H,63,68). The molecule has 18 nitrogen and oxygen atoms in total. The zero-order valence-electron chi connectivity index (χ0n) is 43.4. The van der Waals surface area contributed by atoms with Gasteiger partial charge in [0.15, 0.2) is 11.4 Å². The number of pyridine rings is 1. The smallest absolute Gasteiger partial charge is 0.497 e. The lowest BCUT2D eigenvalue weighted by molar-refractivity contribution is -0.384. The number of carbonyl (C=O) groups is 1. The quantitative estimate of drug-likeness (QED) is 0.0610. The fraction of sp³-hybridized carbons (Fsp3) is 0.429. The summed E-state index contributed by atoms with van der Waals surface area (Å²) >= 11 is 0.